The molecule has 0 aliphatic rings. The van der Waals surface area contributed by atoms with Gasteiger partial charge >= 0.3 is 0 Å². The number of hydrogen-bond donors (Lipinski definition) is 0. The first kappa shape index (κ1) is 17.6. The van der Waals surface area contributed by atoms with Crippen LogP contribution in [0.4, 0.5) is 5.69 Å². The minimum atomic E-state index is 0.0539. The molecule has 0 spiro atoms. The van der Waals surface area contributed by atoms with Crippen molar-refractivity contribution in [1.82, 2.24) is 0 Å². The SMILES string of the molecule is Cc1c(Cl)ccc(OCCCC(=O)N(C)c2ccccc2)c1Cl. The number of anilines is 1. The van der Waals surface area contributed by atoms with Gasteiger partial charge in [-0.15, -0.1) is 0 Å². The summed E-state index contributed by atoms with van der Waals surface area (Å²) in [5.74, 6) is 0.649. The highest BCUT2D eigenvalue weighted by molar-refractivity contribution is 6.36. The highest BCUT2D eigenvalue weighted by Crippen LogP contribution is 2.32. The predicted molar refractivity (Wildman–Crippen MR) is 95.8 cm³/mol. The molecule has 2 rings (SSSR count). The monoisotopic (exact) mass is 351 g/mol. The molecule has 0 aromatic heterocycles. The Bertz CT molecular complexity index is 674. The van der Waals surface area contributed by atoms with Gasteiger partial charge in [-0.25, -0.2) is 0 Å². The average Bonchev–Trinajstić information content (AvgIpc) is 2.58. The third kappa shape index (κ3) is 4.63. The van der Waals surface area contributed by atoms with E-state index in [-0.39, 0.29) is 5.91 Å². The van der Waals surface area contributed by atoms with Gasteiger partial charge in [-0.2, -0.15) is 0 Å². The number of hydrogen-bond acceptors (Lipinski definition) is 2. The fourth-order valence-electron chi connectivity index (χ4n) is 2.12. The molecule has 0 unspecified atom stereocenters. The number of benzene rings is 2. The highest BCUT2D eigenvalue weighted by atomic mass is 35.5. The molecule has 0 radical (unpaired) electrons. The molecule has 0 aliphatic heterocycles. The summed E-state index contributed by atoms with van der Waals surface area (Å²) >= 11 is 12.2. The van der Waals surface area contributed by atoms with E-state index in [0.29, 0.717) is 35.2 Å². The van der Waals surface area contributed by atoms with Gasteiger partial charge in [-0.05, 0) is 43.2 Å². The van der Waals surface area contributed by atoms with Crippen LogP contribution in [-0.4, -0.2) is 19.6 Å². The van der Waals surface area contributed by atoms with Crippen LogP contribution in [0.25, 0.3) is 0 Å². The molecule has 0 N–H and O–H groups in total. The largest absolute Gasteiger partial charge is 0.492 e. The highest BCUT2D eigenvalue weighted by Gasteiger charge is 2.11. The number of halogens is 2. The van der Waals surface area contributed by atoms with Crippen LogP contribution in [-0.2, 0) is 4.79 Å². The first-order valence-corrected chi connectivity index (χ1v) is 8.15. The molecule has 0 saturated heterocycles. The fourth-order valence-corrected chi connectivity index (χ4v) is 2.54. The van der Waals surface area contributed by atoms with Crippen molar-refractivity contribution in [2.24, 2.45) is 0 Å². The average molecular weight is 352 g/mol. The first-order valence-electron chi connectivity index (χ1n) is 7.39. The molecule has 2 aromatic rings. The van der Waals surface area contributed by atoms with E-state index in [4.69, 9.17) is 27.9 Å². The van der Waals surface area contributed by atoms with Gasteiger partial charge in [0.15, 0.2) is 0 Å². The maximum atomic E-state index is 12.1. The topological polar surface area (TPSA) is 29.5 Å². The van der Waals surface area contributed by atoms with E-state index in [1.54, 1.807) is 24.1 Å². The number of carbonyl (C=O) groups is 1. The number of amides is 1. The van der Waals surface area contributed by atoms with Crippen molar-refractivity contribution in [2.45, 2.75) is 19.8 Å². The molecule has 0 saturated carbocycles. The number of rotatable bonds is 6. The van der Waals surface area contributed by atoms with Crippen LogP contribution < -0.4 is 9.64 Å². The maximum Gasteiger partial charge on any atom is 0.226 e. The van der Waals surface area contributed by atoms with Crippen molar-refractivity contribution in [1.29, 1.82) is 0 Å². The summed E-state index contributed by atoms with van der Waals surface area (Å²) in [6.07, 6.45) is 1.03. The lowest BCUT2D eigenvalue weighted by atomic mass is 10.2. The summed E-state index contributed by atoms with van der Waals surface area (Å²) in [6, 6.07) is 13.1. The van der Waals surface area contributed by atoms with E-state index in [2.05, 4.69) is 0 Å². The van der Waals surface area contributed by atoms with Crippen molar-refractivity contribution >= 4 is 34.8 Å². The van der Waals surface area contributed by atoms with E-state index >= 15 is 0 Å². The molecule has 0 atom stereocenters. The lowest BCUT2D eigenvalue weighted by molar-refractivity contribution is -0.118. The molecular weight excluding hydrogens is 333 g/mol. The number of carbonyl (C=O) groups excluding carboxylic acids is 1. The van der Waals surface area contributed by atoms with Crippen molar-refractivity contribution < 1.29 is 9.53 Å². The Morgan fingerprint density at radius 3 is 2.52 bits per heavy atom. The normalized spacial score (nSPS) is 10.4. The molecule has 23 heavy (non-hydrogen) atoms. The summed E-state index contributed by atoms with van der Waals surface area (Å²) in [4.78, 5) is 13.8. The minimum absolute atomic E-state index is 0.0539. The second-order valence-electron chi connectivity index (χ2n) is 5.22. The Labute approximate surface area is 146 Å². The van der Waals surface area contributed by atoms with Crippen LogP contribution in [0, 0.1) is 6.92 Å². The van der Waals surface area contributed by atoms with Crippen LogP contribution in [0.2, 0.25) is 10.0 Å². The van der Waals surface area contributed by atoms with Gasteiger partial charge in [-0.3, -0.25) is 4.79 Å². The summed E-state index contributed by atoms with van der Waals surface area (Å²) in [7, 11) is 1.78. The van der Waals surface area contributed by atoms with E-state index in [9.17, 15) is 4.79 Å². The van der Waals surface area contributed by atoms with Gasteiger partial charge in [0, 0.05) is 24.2 Å². The molecule has 5 heteroatoms. The zero-order chi connectivity index (χ0) is 16.8. The zero-order valence-corrected chi connectivity index (χ0v) is 14.7. The van der Waals surface area contributed by atoms with E-state index in [0.717, 1.165) is 11.3 Å². The summed E-state index contributed by atoms with van der Waals surface area (Å²) in [6.45, 7) is 2.27. The number of ether oxygens (including phenoxy) is 1. The third-order valence-electron chi connectivity index (χ3n) is 3.59. The molecule has 0 fully saturated rings. The van der Waals surface area contributed by atoms with Gasteiger partial charge in [0.1, 0.15) is 5.75 Å². The van der Waals surface area contributed by atoms with Gasteiger partial charge in [0.2, 0.25) is 5.91 Å². The molecule has 1 amide bonds. The maximum absolute atomic E-state index is 12.1. The summed E-state index contributed by atoms with van der Waals surface area (Å²) in [5.41, 5.74) is 1.68. The third-order valence-corrected chi connectivity index (χ3v) is 4.47. The molecule has 0 bridgehead atoms. The van der Waals surface area contributed by atoms with E-state index in [1.165, 1.54) is 0 Å². The predicted octanol–water partition coefficient (Wildman–Crippen LogP) is 5.12. The Morgan fingerprint density at radius 1 is 1.13 bits per heavy atom. The Balaban J connectivity index is 1.82. The van der Waals surface area contributed by atoms with Crippen LogP contribution >= 0.6 is 23.2 Å². The number of para-hydroxylation sites is 1. The number of nitrogens with zero attached hydrogens (tertiary/aromatic N) is 1. The minimum Gasteiger partial charge on any atom is -0.492 e. The first-order chi connectivity index (χ1) is 11.0. The van der Waals surface area contributed by atoms with Crippen LogP contribution in [0.3, 0.4) is 0 Å². The second-order valence-corrected chi connectivity index (χ2v) is 6.01. The Kier molecular flexibility index (Phi) is 6.31. The van der Waals surface area contributed by atoms with Gasteiger partial charge in [0.05, 0.1) is 11.6 Å². The van der Waals surface area contributed by atoms with Crippen molar-refractivity contribution in [3.8, 4) is 5.75 Å². The molecule has 0 heterocycles. The van der Waals surface area contributed by atoms with Gasteiger partial charge in [0.25, 0.3) is 0 Å². The van der Waals surface area contributed by atoms with Crippen LogP contribution in [0.15, 0.2) is 42.5 Å². The van der Waals surface area contributed by atoms with Crippen molar-refractivity contribution in [3.63, 3.8) is 0 Å². The fraction of sp³-hybridized carbons (Fsp3) is 0.278. The second kappa shape index (κ2) is 8.23. The zero-order valence-electron chi connectivity index (χ0n) is 13.2. The van der Waals surface area contributed by atoms with Crippen molar-refractivity contribution in [3.05, 3.63) is 58.1 Å². The van der Waals surface area contributed by atoms with Crippen molar-refractivity contribution in [2.75, 3.05) is 18.6 Å². The Hall–Kier alpha value is -1.71. The smallest absolute Gasteiger partial charge is 0.226 e. The van der Waals surface area contributed by atoms with Crippen LogP contribution in [0.5, 0.6) is 5.75 Å². The van der Waals surface area contributed by atoms with Crippen LogP contribution in [0.1, 0.15) is 18.4 Å². The van der Waals surface area contributed by atoms with E-state index < -0.39 is 0 Å². The molecule has 3 nitrogen and oxygen atoms in total. The summed E-state index contributed by atoms with van der Waals surface area (Å²) in [5, 5.41) is 1.13. The summed E-state index contributed by atoms with van der Waals surface area (Å²) < 4.78 is 5.65. The lowest BCUT2D eigenvalue weighted by Crippen LogP contribution is -2.26. The standard InChI is InChI=1S/C18H19Cl2NO2/c1-13-15(19)10-11-16(18(13)20)23-12-6-9-17(22)21(2)14-7-4-3-5-8-14/h3-5,7-8,10-11H,6,9,12H2,1-2H3. The molecule has 122 valence electrons. The van der Waals surface area contributed by atoms with Gasteiger partial charge < -0.3 is 9.64 Å². The Morgan fingerprint density at radius 2 is 1.83 bits per heavy atom. The van der Waals surface area contributed by atoms with E-state index in [1.807, 2.05) is 37.3 Å². The molecule has 0 aliphatic carbocycles. The lowest BCUT2D eigenvalue weighted by Gasteiger charge is -2.17. The molecule has 2 aromatic carbocycles. The molecular formula is C18H19Cl2NO2. The quantitative estimate of drug-likeness (QED) is 0.675. The van der Waals surface area contributed by atoms with Gasteiger partial charge in [-0.1, -0.05) is 41.4 Å².